The predicted molar refractivity (Wildman–Crippen MR) is 123 cm³/mol. The summed E-state index contributed by atoms with van der Waals surface area (Å²) in [5, 5.41) is 3.61. The van der Waals surface area contributed by atoms with Gasteiger partial charge in [-0.15, -0.1) is 11.3 Å². The van der Waals surface area contributed by atoms with Crippen molar-refractivity contribution in [2.24, 2.45) is 5.92 Å². The number of anilines is 1. The first-order valence-corrected chi connectivity index (χ1v) is 12.4. The van der Waals surface area contributed by atoms with Crippen LogP contribution in [0.3, 0.4) is 0 Å². The van der Waals surface area contributed by atoms with Gasteiger partial charge in [-0.1, -0.05) is 0 Å². The van der Waals surface area contributed by atoms with E-state index in [2.05, 4.69) is 31.2 Å². The normalized spacial score (nSPS) is 21.7. The number of rotatable bonds is 4. The van der Waals surface area contributed by atoms with E-state index in [-0.39, 0.29) is 5.92 Å². The second kappa shape index (κ2) is 9.54. The molecule has 0 saturated carbocycles. The van der Waals surface area contributed by atoms with Crippen molar-refractivity contribution >= 4 is 44.9 Å². The second-order valence-corrected chi connectivity index (χ2v) is 9.94. The number of fused-ring (bicyclic) bond motifs is 1. The maximum Gasteiger partial charge on any atom is 0.225 e. The highest BCUT2D eigenvalue weighted by atomic mass is 35.5. The number of aromatic nitrogens is 2. The Kier molecular flexibility index (Phi) is 6.56. The molecule has 10 heteroatoms. The third-order valence-corrected chi connectivity index (χ3v) is 7.71. The molecular formula is C21H29ClN6O2S. The highest BCUT2D eigenvalue weighted by Crippen LogP contribution is 2.34. The molecule has 0 aliphatic carbocycles. The molecule has 3 saturated heterocycles. The van der Waals surface area contributed by atoms with Crippen LogP contribution in [-0.2, 0) is 16.1 Å². The third kappa shape index (κ3) is 4.80. The van der Waals surface area contributed by atoms with Crippen molar-refractivity contribution in [2.45, 2.75) is 19.4 Å². The van der Waals surface area contributed by atoms with Crippen LogP contribution in [-0.4, -0.2) is 91.2 Å². The topological polar surface area (TPSA) is 73.8 Å². The van der Waals surface area contributed by atoms with Gasteiger partial charge in [-0.25, -0.2) is 4.98 Å². The number of nitrogens with zero attached hydrogens (tertiary/aromatic N) is 5. The first-order valence-electron chi connectivity index (χ1n) is 11.2. The molecule has 1 N–H and O–H groups in total. The van der Waals surface area contributed by atoms with Crippen molar-refractivity contribution in [3.8, 4) is 0 Å². The molecule has 1 amide bonds. The van der Waals surface area contributed by atoms with E-state index < -0.39 is 0 Å². The summed E-state index contributed by atoms with van der Waals surface area (Å²) >= 11 is 7.99. The molecule has 3 fully saturated rings. The van der Waals surface area contributed by atoms with Gasteiger partial charge in [0.15, 0.2) is 5.82 Å². The fourth-order valence-electron chi connectivity index (χ4n) is 4.71. The van der Waals surface area contributed by atoms with Crippen molar-refractivity contribution in [2.75, 3.05) is 70.5 Å². The molecule has 0 bridgehead atoms. The number of piperazine rings is 1. The molecule has 31 heavy (non-hydrogen) atoms. The number of morpholine rings is 1. The molecule has 2 aromatic rings. The molecule has 5 rings (SSSR count). The Morgan fingerprint density at radius 2 is 1.87 bits per heavy atom. The van der Waals surface area contributed by atoms with E-state index in [0.29, 0.717) is 24.4 Å². The van der Waals surface area contributed by atoms with E-state index >= 15 is 0 Å². The number of hydrogen-bond donors (Lipinski definition) is 1. The zero-order valence-corrected chi connectivity index (χ0v) is 19.3. The molecule has 8 nitrogen and oxygen atoms in total. The van der Waals surface area contributed by atoms with Gasteiger partial charge >= 0.3 is 0 Å². The fraction of sp³-hybridized carbons (Fsp3) is 0.667. The maximum absolute atomic E-state index is 12.8. The Hall–Kier alpha value is -1.52. The Balaban J connectivity index is 1.23. The van der Waals surface area contributed by atoms with Gasteiger partial charge in [0.1, 0.15) is 0 Å². The maximum atomic E-state index is 12.8. The van der Waals surface area contributed by atoms with Gasteiger partial charge in [-0.2, -0.15) is 4.98 Å². The number of carbonyl (C=O) groups excluding carboxylic acids is 1. The number of ether oxygens (including phenoxy) is 1. The van der Waals surface area contributed by atoms with Crippen molar-refractivity contribution in [1.82, 2.24) is 25.1 Å². The van der Waals surface area contributed by atoms with E-state index in [9.17, 15) is 4.79 Å². The summed E-state index contributed by atoms with van der Waals surface area (Å²) in [6.07, 6.45) is 1.89. The molecule has 168 valence electrons. The summed E-state index contributed by atoms with van der Waals surface area (Å²) < 4.78 is 6.58. The number of hydrogen-bond acceptors (Lipinski definition) is 8. The quantitative estimate of drug-likeness (QED) is 0.692. The SMILES string of the molecule is O=C(C1CCN(Cc2cc3nc(Cl)nc(N4CCOCC4)c3s2)CC1)N1CCNCC1. The van der Waals surface area contributed by atoms with Gasteiger partial charge in [-0.3, -0.25) is 9.69 Å². The smallest absolute Gasteiger partial charge is 0.225 e. The van der Waals surface area contributed by atoms with E-state index in [1.807, 2.05) is 4.90 Å². The van der Waals surface area contributed by atoms with Crippen LogP contribution in [0.25, 0.3) is 10.2 Å². The van der Waals surface area contributed by atoms with Gasteiger partial charge in [0, 0.05) is 56.6 Å². The Bertz CT molecular complexity index is 920. The number of carbonyl (C=O) groups is 1. The van der Waals surface area contributed by atoms with Crippen LogP contribution in [0.4, 0.5) is 5.82 Å². The molecular weight excluding hydrogens is 436 g/mol. The number of thiophene rings is 1. The largest absolute Gasteiger partial charge is 0.378 e. The monoisotopic (exact) mass is 464 g/mol. The molecule has 0 radical (unpaired) electrons. The summed E-state index contributed by atoms with van der Waals surface area (Å²) in [6, 6.07) is 2.15. The van der Waals surface area contributed by atoms with Gasteiger partial charge in [0.25, 0.3) is 0 Å². The molecule has 2 aromatic heterocycles. The lowest BCUT2D eigenvalue weighted by Gasteiger charge is -2.35. The molecule has 0 spiro atoms. The number of nitrogens with one attached hydrogen (secondary N) is 1. The lowest BCUT2D eigenvalue weighted by atomic mass is 9.95. The van der Waals surface area contributed by atoms with Gasteiger partial charge < -0.3 is 19.9 Å². The Morgan fingerprint density at radius 3 is 2.61 bits per heavy atom. The number of piperidine rings is 1. The van der Waals surface area contributed by atoms with E-state index in [1.54, 1.807) is 11.3 Å². The van der Waals surface area contributed by atoms with Crippen LogP contribution in [0.5, 0.6) is 0 Å². The van der Waals surface area contributed by atoms with Crippen LogP contribution in [0, 0.1) is 5.92 Å². The number of amides is 1. The molecule has 3 aliphatic heterocycles. The lowest BCUT2D eigenvalue weighted by molar-refractivity contribution is -0.137. The van der Waals surface area contributed by atoms with Gasteiger partial charge in [0.2, 0.25) is 11.2 Å². The fourth-order valence-corrected chi connectivity index (χ4v) is 6.03. The van der Waals surface area contributed by atoms with Crippen molar-refractivity contribution < 1.29 is 9.53 Å². The van der Waals surface area contributed by atoms with Crippen LogP contribution in [0.1, 0.15) is 17.7 Å². The molecule has 0 atom stereocenters. The summed E-state index contributed by atoms with van der Waals surface area (Å²) in [5.41, 5.74) is 0.922. The van der Waals surface area contributed by atoms with Crippen molar-refractivity contribution in [3.05, 3.63) is 16.2 Å². The molecule has 5 heterocycles. The first kappa shape index (κ1) is 21.3. The predicted octanol–water partition coefficient (Wildman–Crippen LogP) is 1.83. The van der Waals surface area contributed by atoms with Crippen LogP contribution in [0.15, 0.2) is 6.07 Å². The van der Waals surface area contributed by atoms with Gasteiger partial charge in [-0.05, 0) is 43.6 Å². The molecule has 0 unspecified atom stereocenters. The Morgan fingerprint density at radius 1 is 1.13 bits per heavy atom. The average molecular weight is 465 g/mol. The van der Waals surface area contributed by atoms with E-state index in [4.69, 9.17) is 16.3 Å². The van der Waals surface area contributed by atoms with E-state index in [1.165, 1.54) is 4.88 Å². The van der Waals surface area contributed by atoms with Crippen LogP contribution in [0.2, 0.25) is 5.28 Å². The second-order valence-electron chi connectivity index (χ2n) is 8.47. The zero-order chi connectivity index (χ0) is 21.2. The summed E-state index contributed by atoms with van der Waals surface area (Å²) in [7, 11) is 0. The van der Waals surface area contributed by atoms with Gasteiger partial charge in [0.05, 0.1) is 23.4 Å². The minimum atomic E-state index is 0.175. The van der Waals surface area contributed by atoms with Crippen molar-refractivity contribution in [1.29, 1.82) is 0 Å². The third-order valence-electron chi connectivity index (χ3n) is 6.43. The Labute approximate surface area is 191 Å². The van der Waals surface area contributed by atoms with E-state index in [0.717, 1.165) is 87.8 Å². The number of halogens is 1. The summed E-state index contributed by atoms with van der Waals surface area (Å²) in [5.74, 6) is 1.45. The zero-order valence-electron chi connectivity index (χ0n) is 17.7. The van der Waals surface area contributed by atoms with Crippen LogP contribution < -0.4 is 10.2 Å². The summed E-state index contributed by atoms with van der Waals surface area (Å²) in [4.78, 5) is 29.8. The summed E-state index contributed by atoms with van der Waals surface area (Å²) in [6.45, 7) is 9.38. The van der Waals surface area contributed by atoms with Crippen molar-refractivity contribution in [3.63, 3.8) is 0 Å². The molecule has 3 aliphatic rings. The first-order chi connectivity index (χ1) is 15.2. The van der Waals surface area contributed by atoms with Crippen LogP contribution >= 0.6 is 22.9 Å². The standard InChI is InChI=1S/C21H29ClN6O2S/c22-21-24-17-13-16(31-18(17)19(25-21)27-9-11-30-12-10-27)14-26-5-1-15(2-6-26)20(29)28-7-3-23-4-8-28/h13,15,23H,1-12,14H2. The lowest BCUT2D eigenvalue weighted by Crippen LogP contribution is -2.50. The average Bonchev–Trinajstić information content (AvgIpc) is 3.21. The number of likely N-dealkylation sites (tertiary alicyclic amines) is 1. The minimum Gasteiger partial charge on any atom is -0.378 e. The highest BCUT2D eigenvalue weighted by molar-refractivity contribution is 7.19. The highest BCUT2D eigenvalue weighted by Gasteiger charge is 2.29. The molecule has 0 aromatic carbocycles. The minimum absolute atomic E-state index is 0.175.